The van der Waals surface area contributed by atoms with E-state index in [9.17, 15) is 19.7 Å². The van der Waals surface area contributed by atoms with Crippen molar-refractivity contribution in [3.63, 3.8) is 0 Å². The van der Waals surface area contributed by atoms with E-state index in [2.05, 4.69) is 0 Å². The summed E-state index contributed by atoms with van der Waals surface area (Å²) in [5, 5.41) is 11.8. The van der Waals surface area contributed by atoms with Gasteiger partial charge in [0, 0.05) is 5.02 Å². The number of hydrogen-bond donors (Lipinski definition) is 0. The SMILES string of the molecule is COc1cc(/C=C2\SC(=O)N(Cc3ccccc3Cl)C2=O)c([N+](=O)[O-])cc1OCc1ccccc1. The Morgan fingerprint density at radius 1 is 1.06 bits per heavy atom. The molecular weight excluding hydrogens is 492 g/mol. The second-order valence-corrected chi connectivity index (χ2v) is 8.85. The van der Waals surface area contributed by atoms with Crippen LogP contribution in [0.4, 0.5) is 10.5 Å². The molecule has 0 unspecified atom stereocenters. The van der Waals surface area contributed by atoms with Crippen LogP contribution in [0, 0.1) is 10.1 Å². The molecule has 3 aromatic rings. The number of ether oxygens (including phenoxy) is 2. The maximum absolute atomic E-state index is 12.9. The average Bonchev–Trinajstić information content (AvgIpc) is 3.12. The summed E-state index contributed by atoms with van der Waals surface area (Å²) in [6.07, 6.45) is 1.32. The van der Waals surface area contributed by atoms with E-state index in [1.807, 2.05) is 30.3 Å². The fourth-order valence-corrected chi connectivity index (χ4v) is 4.45. The predicted molar refractivity (Wildman–Crippen MR) is 133 cm³/mol. The molecule has 3 aromatic carbocycles. The van der Waals surface area contributed by atoms with Crippen molar-refractivity contribution in [2.45, 2.75) is 13.2 Å². The quantitative estimate of drug-likeness (QED) is 0.206. The van der Waals surface area contributed by atoms with E-state index in [-0.39, 0.29) is 40.8 Å². The van der Waals surface area contributed by atoms with Crippen LogP contribution in [0.2, 0.25) is 5.02 Å². The molecule has 2 amide bonds. The van der Waals surface area contributed by atoms with E-state index in [1.165, 1.54) is 25.3 Å². The Morgan fingerprint density at radius 2 is 1.77 bits per heavy atom. The third-order valence-electron chi connectivity index (χ3n) is 5.19. The smallest absolute Gasteiger partial charge is 0.293 e. The van der Waals surface area contributed by atoms with Crippen LogP contribution >= 0.6 is 23.4 Å². The minimum Gasteiger partial charge on any atom is -0.493 e. The summed E-state index contributed by atoms with van der Waals surface area (Å²) in [6.45, 7) is 0.188. The topological polar surface area (TPSA) is 99.0 Å². The molecule has 0 atom stereocenters. The van der Waals surface area contributed by atoms with Gasteiger partial charge in [-0.25, -0.2) is 0 Å². The maximum Gasteiger partial charge on any atom is 0.293 e. The molecule has 0 spiro atoms. The summed E-state index contributed by atoms with van der Waals surface area (Å²) in [6, 6.07) is 18.9. The third kappa shape index (κ3) is 5.47. The van der Waals surface area contributed by atoms with Gasteiger partial charge < -0.3 is 9.47 Å². The van der Waals surface area contributed by atoms with Gasteiger partial charge in [-0.1, -0.05) is 60.1 Å². The summed E-state index contributed by atoms with van der Waals surface area (Å²) in [5.41, 5.74) is 1.33. The highest BCUT2D eigenvalue weighted by Crippen LogP contribution is 2.39. The van der Waals surface area contributed by atoms with Crippen molar-refractivity contribution in [3.05, 3.63) is 103 Å². The highest BCUT2D eigenvalue weighted by atomic mass is 35.5. The fraction of sp³-hybridized carbons (Fsp3) is 0.120. The van der Waals surface area contributed by atoms with Crippen molar-refractivity contribution in [2.75, 3.05) is 7.11 Å². The molecule has 35 heavy (non-hydrogen) atoms. The molecule has 4 rings (SSSR count). The lowest BCUT2D eigenvalue weighted by molar-refractivity contribution is -0.385. The minimum absolute atomic E-state index is 0.000637. The first-order chi connectivity index (χ1) is 16.9. The number of nitro groups is 1. The van der Waals surface area contributed by atoms with Gasteiger partial charge in [-0.2, -0.15) is 0 Å². The monoisotopic (exact) mass is 510 g/mol. The molecule has 1 aliphatic heterocycles. The predicted octanol–water partition coefficient (Wildman–Crippen LogP) is 6.07. The number of amides is 2. The number of nitrogens with zero attached hydrogens (tertiary/aromatic N) is 2. The standard InChI is InChI=1S/C25H19ClN2O6S/c1-33-21-11-18(20(28(31)32)13-22(21)34-15-16-7-3-2-4-8-16)12-23-24(29)27(25(30)35-23)14-17-9-5-6-10-19(17)26/h2-13H,14-15H2,1H3/b23-12-. The second-order valence-electron chi connectivity index (χ2n) is 7.45. The van der Waals surface area contributed by atoms with Crippen molar-refractivity contribution in [2.24, 2.45) is 0 Å². The van der Waals surface area contributed by atoms with Crippen LogP contribution in [0.3, 0.4) is 0 Å². The minimum atomic E-state index is -0.575. The zero-order valence-electron chi connectivity index (χ0n) is 18.5. The van der Waals surface area contributed by atoms with Crippen molar-refractivity contribution in [1.82, 2.24) is 4.90 Å². The Labute approximate surface area is 210 Å². The molecule has 0 aliphatic carbocycles. The fourth-order valence-electron chi connectivity index (χ4n) is 3.42. The number of carbonyl (C=O) groups is 2. The van der Waals surface area contributed by atoms with Gasteiger partial charge >= 0.3 is 0 Å². The second kappa shape index (κ2) is 10.6. The Kier molecular flexibility index (Phi) is 7.38. The van der Waals surface area contributed by atoms with Crippen LogP contribution in [-0.2, 0) is 17.9 Å². The largest absolute Gasteiger partial charge is 0.493 e. The van der Waals surface area contributed by atoms with E-state index in [0.29, 0.717) is 22.3 Å². The van der Waals surface area contributed by atoms with Crippen LogP contribution < -0.4 is 9.47 Å². The van der Waals surface area contributed by atoms with Crippen molar-refractivity contribution < 1.29 is 24.0 Å². The molecule has 10 heteroatoms. The number of methoxy groups -OCH3 is 1. The van der Waals surface area contributed by atoms with Gasteiger partial charge in [0.05, 0.1) is 35.1 Å². The van der Waals surface area contributed by atoms with E-state index in [4.69, 9.17) is 21.1 Å². The molecule has 1 fully saturated rings. The van der Waals surface area contributed by atoms with Gasteiger partial charge in [0.25, 0.3) is 16.8 Å². The van der Waals surface area contributed by atoms with E-state index in [0.717, 1.165) is 10.5 Å². The number of halogens is 1. The molecule has 0 radical (unpaired) electrons. The Bertz CT molecular complexity index is 1330. The third-order valence-corrected chi connectivity index (χ3v) is 6.47. The summed E-state index contributed by atoms with van der Waals surface area (Å²) in [4.78, 5) is 37.8. The van der Waals surface area contributed by atoms with Gasteiger partial charge in [-0.05, 0) is 41.1 Å². The molecule has 1 saturated heterocycles. The Balaban J connectivity index is 1.62. The summed E-state index contributed by atoms with van der Waals surface area (Å²) in [5.74, 6) is -0.113. The molecular formula is C25H19ClN2O6S. The first-order valence-corrected chi connectivity index (χ1v) is 11.6. The van der Waals surface area contributed by atoms with Gasteiger partial charge in [-0.15, -0.1) is 0 Å². The van der Waals surface area contributed by atoms with Crippen molar-refractivity contribution in [3.8, 4) is 11.5 Å². The summed E-state index contributed by atoms with van der Waals surface area (Å²) in [7, 11) is 1.41. The first kappa shape index (κ1) is 24.3. The van der Waals surface area contributed by atoms with Crippen LogP contribution in [0.5, 0.6) is 11.5 Å². The Hall–Kier alpha value is -3.82. The molecule has 0 aromatic heterocycles. The highest BCUT2D eigenvalue weighted by Gasteiger charge is 2.36. The average molecular weight is 511 g/mol. The molecule has 0 N–H and O–H groups in total. The lowest BCUT2D eigenvalue weighted by atomic mass is 10.1. The van der Waals surface area contributed by atoms with E-state index < -0.39 is 16.1 Å². The number of benzene rings is 3. The first-order valence-electron chi connectivity index (χ1n) is 10.4. The maximum atomic E-state index is 12.9. The molecule has 8 nitrogen and oxygen atoms in total. The molecule has 0 saturated carbocycles. The van der Waals surface area contributed by atoms with Crippen molar-refractivity contribution in [1.29, 1.82) is 0 Å². The zero-order chi connectivity index (χ0) is 24.9. The lowest BCUT2D eigenvalue weighted by Crippen LogP contribution is -2.27. The normalized spacial score (nSPS) is 14.5. The van der Waals surface area contributed by atoms with Gasteiger partial charge in [0.2, 0.25) is 0 Å². The van der Waals surface area contributed by atoms with Crippen LogP contribution in [0.15, 0.2) is 71.6 Å². The van der Waals surface area contributed by atoms with Crippen molar-refractivity contribution >= 4 is 46.3 Å². The number of imide groups is 1. The van der Waals surface area contributed by atoms with Gasteiger partial charge in [0.1, 0.15) is 6.61 Å². The number of rotatable bonds is 8. The lowest BCUT2D eigenvalue weighted by Gasteiger charge is -2.13. The number of thioether (sulfide) groups is 1. The molecule has 1 heterocycles. The zero-order valence-corrected chi connectivity index (χ0v) is 20.0. The number of carbonyl (C=O) groups excluding carboxylic acids is 2. The van der Waals surface area contributed by atoms with Crippen LogP contribution in [0.1, 0.15) is 16.7 Å². The Morgan fingerprint density at radius 3 is 2.46 bits per heavy atom. The summed E-state index contributed by atoms with van der Waals surface area (Å²) < 4.78 is 11.1. The van der Waals surface area contributed by atoms with Crippen LogP contribution in [0.25, 0.3) is 6.08 Å². The van der Waals surface area contributed by atoms with Gasteiger partial charge in [-0.3, -0.25) is 24.6 Å². The molecule has 1 aliphatic rings. The number of nitro benzene ring substituents is 1. The number of hydrogen-bond acceptors (Lipinski definition) is 7. The van der Waals surface area contributed by atoms with E-state index in [1.54, 1.807) is 24.3 Å². The van der Waals surface area contributed by atoms with Crippen LogP contribution in [-0.4, -0.2) is 28.1 Å². The van der Waals surface area contributed by atoms with Gasteiger partial charge in [0.15, 0.2) is 11.5 Å². The molecule has 0 bridgehead atoms. The van der Waals surface area contributed by atoms with E-state index >= 15 is 0 Å². The molecule has 178 valence electrons. The highest BCUT2D eigenvalue weighted by molar-refractivity contribution is 8.18. The summed E-state index contributed by atoms with van der Waals surface area (Å²) >= 11 is 6.87.